The smallest absolute Gasteiger partial charge is 0.240 e. The molecule has 0 aliphatic carbocycles. The summed E-state index contributed by atoms with van der Waals surface area (Å²) < 4.78 is 0. The average molecular weight is 462 g/mol. The van der Waals surface area contributed by atoms with Crippen LogP contribution >= 0.6 is 11.8 Å². The van der Waals surface area contributed by atoms with Crippen LogP contribution in [0.1, 0.15) is 20.8 Å². The molecule has 2 rings (SSSR count). The van der Waals surface area contributed by atoms with Crippen LogP contribution in [0.25, 0.3) is 0 Å². The second-order valence-corrected chi connectivity index (χ2v) is 8.63. The standard InChI is InChI=1S/C21H31N7O3S/c1-5-23-19(30)14(11-22)21-28(7-3)20(31)15(32-21)12-24-16-9-8-10-17(25-16)26-18(29)13-27(4)6-2/h8-10,14-15,21H,5-7,12-13H2,1-4H3,(H,23,30)(H2,24,25,26,29). The maximum absolute atomic E-state index is 12.9. The van der Waals surface area contributed by atoms with Crippen LogP contribution in [-0.4, -0.2) is 82.9 Å². The number of nitrogens with zero attached hydrogens (tertiary/aromatic N) is 4. The number of carbonyl (C=O) groups is 3. The Hall–Kier alpha value is -2.84. The van der Waals surface area contributed by atoms with Gasteiger partial charge in [-0.2, -0.15) is 5.26 Å². The van der Waals surface area contributed by atoms with Crippen molar-refractivity contribution >= 4 is 41.1 Å². The van der Waals surface area contributed by atoms with Gasteiger partial charge in [-0.3, -0.25) is 19.3 Å². The van der Waals surface area contributed by atoms with Gasteiger partial charge in [-0.05, 0) is 39.6 Å². The Kier molecular flexibility index (Phi) is 9.74. The van der Waals surface area contributed by atoms with E-state index in [0.717, 1.165) is 6.54 Å². The summed E-state index contributed by atoms with van der Waals surface area (Å²) in [5.41, 5.74) is 0. The van der Waals surface area contributed by atoms with E-state index in [1.807, 2.05) is 31.9 Å². The third-order valence-corrected chi connectivity index (χ3v) is 6.51. The lowest BCUT2D eigenvalue weighted by atomic mass is 10.1. The highest BCUT2D eigenvalue weighted by Gasteiger charge is 2.45. The summed E-state index contributed by atoms with van der Waals surface area (Å²) in [4.78, 5) is 45.1. The van der Waals surface area contributed by atoms with Crippen molar-refractivity contribution in [3.05, 3.63) is 18.2 Å². The predicted octanol–water partition coefficient (Wildman–Crippen LogP) is 0.950. The van der Waals surface area contributed by atoms with E-state index in [2.05, 4.69) is 20.9 Å². The molecule has 11 heteroatoms. The molecule has 0 spiro atoms. The topological polar surface area (TPSA) is 130 Å². The first kappa shape index (κ1) is 25.4. The fourth-order valence-electron chi connectivity index (χ4n) is 3.22. The molecule has 1 fully saturated rings. The number of nitrogens with one attached hydrogen (secondary N) is 3. The molecule has 1 aromatic rings. The fraction of sp³-hybridized carbons (Fsp3) is 0.571. The number of anilines is 2. The van der Waals surface area contributed by atoms with Crippen LogP contribution in [0.4, 0.5) is 11.6 Å². The summed E-state index contributed by atoms with van der Waals surface area (Å²) in [6.45, 7) is 7.74. The van der Waals surface area contributed by atoms with E-state index in [-0.39, 0.29) is 30.8 Å². The predicted molar refractivity (Wildman–Crippen MR) is 125 cm³/mol. The van der Waals surface area contributed by atoms with Crippen LogP contribution in [0.15, 0.2) is 18.2 Å². The van der Waals surface area contributed by atoms with Gasteiger partial charge in [0.25, 0.3) is 0 Å². The van der Waals surface area contributed by atoms with Crippen LogP contribution in [0.5, 0.6) is 0 Å². The number of hydrogen-bond acceptors (Lipinski definition) is 8. The molecule has 0 bridgehead atoms. The minimum Gasteiger partial charge on any atom is -0.368 e. The minimum absolute atomic E-state index is 0.119. The first-order valence-electron chi connectivity index (χ1n) is 10.7. The molecule has 1 aromatic heterocycles. The number of rotatable bonds is 11. The molecule has 174 valence electrons. The monoisotopic (exact) mass is 461 g/mol. The summed E-state index contributed by atoms with van der Waals surface area (Å²) in [5.74, 6) is -0.643. The molecule has 3 amide bonds. The number of amides is 3. The molecule has 3 atom stereocenters. The van der Waals surface area contributed by atoms with E-state index in [0.29, 0.717) is 24.7 Å². The fourth-order valence-corrected chi connectivity index (χ4v) is 4.72. The van der Waals surface area contributed by atoms with E-state index in [9.17, 15) is 19.6 Å². The molecule has 0 aromatic carbocycles. The number of nitriles is 1. The van der Waals surface area contributed by atoms with Crippen LogP contribution in [0.3, 0.4) is 0 Å². The molecule has 1 saturated heterocycles. The second kappa shape index (κ2) is 12.3. The first-order chi connectivity index (χ1) is 15.3. The largest absolute Gasteiger partial charge is 0.368 e. The van der Waals surface area contributed by atoms with Gasteiger partial charge in [-0.25, -0.2) is 4.98 Å². The molecule has 32 heavy (non-hydrogen) atoms. The summed E-state index contributed by atoms with van der Waals surface area (Å²) in [6.07, 6.45) is 0. The first-order valence-corrected chi connectivity index (χ1v) is 11.6. The highest BCUT2D eigenvalue weighted by Crippen LogP contribution is 2.36. The van der Waals surface area contributed by atoms with Gasteiger partial charge in [-0.15, -0.1) is 11.8 Å². The van der Waals surface area contributed by atoms with Gasteiger partial charge >= 0.3 is 0 Å². The lowest BCUT2D eigenvalue weighted by molar-refractivity contribution is -0.131. The maximum Gasteiger partial charge on any atom is 0.240 e. The molecular formula is C21H31N7O3S. The Morgan fingerprint density at radius 3 is 2.66 bits per heavy atom. The van der Waals surface area contributed by atoms with Crippen molar-refractivity contribution in [1.29, 1.82) is 5.26 Å². The van der Waals surface area contributed by atoms with Gasteiger partial charge in [0, 0.05) is 19.6 Å². The second-order valence-electron chi connectivity index (χ2n) is 7.31. The normalized spacial score (nSPS) is 18.9. The molecule has 3 unspecified atom stereocenters. The van der Waals surface area contributed by atoms with E-state index in [4.69, 9.17) is 0 Å². The Morgan fingerprint density at radius 2 is 2.03 bits per heavy atom. The van der Waals surface area contributed by atoms with E-state index in [1.54, 1.807) is 30.0 Å². The highest BCUT2D eigenvalue weighted by molar-refractivity contribution is 8.01. The van der Waals surface area contributed by atoms with Crippen LogP contribution in [0, 0.1) is 17.2 Å². The third-order valence-electron chi connectivity index (χ3n) is 5.01. The number of hydrogen-bond donors (Lipinski definition) is 3. The molecule has 1 aliphatic heterocycles. The van der Waals surface area contributed by atoms with E-state index < -0.39 is 16.5 Å². The van der Waals surface area contributed by atoms with Gasteiger partial charge in [0.15, 0.2) is 5.92 Å². The van der Waals surface area contributed by atoms with Gasteiger partial charge in [0.05, 0.1) is 12.6 Å². The Morgan fingerprint density at radius 1 is 1.31 bits per heavy atom. The van der Waals surface area contributed by atoms with Gasteiger partial charge in [-0.1, -0.05) is 13.0 Å². The molecule has 0 saturated carbocycles. The van der Waals surface area contributed by atoms with E-state index in [1.165, 1.54) is 11.8 Å². The summed E-state index contributed by atoms with van der Waals surface area (Å²) in [7, 11) is 1.86. The molecular weight excluding hydrogens is 430 g/mol. The zero-order chi connectivity index (χ0) is 23.7. The van der Waals surface area contributed by atoms with Crippen molar-refractivity contribution in [2.24, 2.45) is 5.92 Å². The molecule has 2 heterocycles. The van der Waals surface area contributed by atoms with Crippen molar-refractivity contribution in [2.45, 2.75) is 31.4 Å². The molecule has 10 nitrogen and oxygen atoms in total. The van der Waals surface area contributed by atoms with Gasteiger partial charge in [0.1, 0.15) is 22.3 Å². The lowest BCUT2D eigenvalue weighted by Crippen LogP contribution is -2.44. The molecule has 1 aliphatic rings. The van der Waals surface area contributed by atoms with E-state index >= 15 is 0 Å². The number of likely N-dealkylation sites (N-methyl/N-ethyl adjacent to an activating group) is 1. The van der Waals surface area contributed by atoms with Crippen molar-refractivity contribution in [3.63, 3.8) is 0 Å². The number of aromatic nitrogens is 1. The highest BCUT2D eigenvalue weighted by atomic mass is 32.2. The van der Waals surface area contributed by atoms with Crippen molar-refractivity contribution in [1.82, 2.24) is 20.1 Å². The number of carbonyl (C=O) groups excluding carboxylic acids is 3. The maximum atomic E-state index is 12.9. The summed E-state index contributed by atoms with van der Waals surface area (Å²) >= 11 is 1.31. The number of thioether (sulfide) groups is 1. The lowest BCUT2D eigenvalue weighted by Gasteiger charge is -2.25. The van der Waals surface area contributed by atoms with Crippen LogP contribution in [0.2, 0.25) is 0 Å². The Bertz CT molecular complexity index is 860. The van der Waals surface area contributed by atoms with Crippen LogP contribution < -0.4 is 16.0 Å². The van der Waals surface area contributed by atoms with Gasteiger partial charge < -0.3 is 20.9 Å². The zero-order valence-electron chi connectivity index (χ0n) is 18.9. The third kappa shape index (κ3) is 6.58. The summed E-state index contributed by atoms with van der Waals surface area (Å²) in [6, 6.07) is 7.26. The van der Waals surface area contributed by atoms with Gasteiger partial charge in [0.2, 0.25) is 17.7 Å². The molecule has 0 radical (unpaired) electrons. The number of pyridine rings is 1. The SMILES string of the molecule is CCNC(=O)C(C#N)C1SC(CNc2cccc(NC(=O)CN(C)CC)n2)C(=O)N1CC. The van der Waals surface area contributed by atoms with Crippen LogP contribution in [-0.2, 0) is 14.4 Å². The summed E-state index contributed by atoms with van der Waals surface area (Å²) in [5, 5.41) is 17.1. The quantitative estimate of drug-likeness (QED) is 0.444. The van der Waals surface area contributed by atoms with Crippen molar-refractivity contribution < 1.29 is 14.4 Å². The Balaban J connectivity index is 2.01. The van der Waals surface area contributed by atoms with Crippen molar-refractivity contribution in [3.8, 4) is 6.07 Å². The minimum atomic E-state index is -0.938. The molecule has 3 N–H and O–H groups in total. The van der Waals surface area contributed by atoms with Crippen molar-refractivity contribution in [2.75, 3.05) is 50.4 Å². The zero-order valence-corrected chi connectivity index (χ0v) is 19.7. The Labute approximate surface area is 193 Å². The average Bonchev–Trinajstić information content (AvgIpc) is 3.08.